The lowest BCUT2D eigenvalue weighted by Gasteiger charge is -2.35. The van der Waals surface area contributed by atoms with Gasteiger partial charge in [-0.15, -0.1) is 0 Å². The minimum absolute atomic E-state index is 0.130. The molecule has 1 atom stereocenters. The minimum atomic E-state index is -0.916. The number of amides is 2. The first kappa shape index (κ1) is 13.1. The molecule has 18 heavy (non-hydrogen) atoms. The lowest BCUT2D eigenvalue weighted by atomic mass is 10.1. The molecule has 0 aromatic rings. The summed E-state index contributed by atoms with van der Waals surface area (Å²) < 4.78 is 0. The second-order valence-electron chi connectivity index (χ2n) is 4.97. The summed E-state index contributed by atoms with van der Waals surface area (Å²) in [7, 11) is 0. The van der Waals surface area contributed by atoms with Gasteiger partial charge in [-0.3, -0.25) is 4.79 Å². The van der Waals surface area contributed by atoms with Gasteiger partial charge in [0.1, 0.15) is 0 Å². The molecule has 2 amide bonds. The first-order valence-electron chi connectivity index (χ1n) is 6.60. The van der Waals surface area contributed by atoms with Gasteiger partial charge in [-0.05, 0) is 13.0 Å². The fourth-order valence-corrected chi connectivity index (χ4v) is 2.68. The van der Waals surface area contributed by atoms with Crippen molar-refractivity contribution in [3.8, 4) is 0 Å². The predicted molar refractivity (Wildman–Crippen MR) is 66.4 cm³/mol. The number of nitrogens with zero attached hydrogens (tertiary/aromatic N) is 3. The molecule has 6 heteroatoms. The van der Waals surface area contributed by atoms with E-state index in [1.165, 1.54) is 4.90 Å². The molecule has 0 aliphatic carbocycles. The number of piperazine rings is 1. The van der Waals surface area contributed by atoms with Crippen LogP contribution in [-0.4, -0.2) is 77.6 Å². The number of carbonyl (C=O) groups excluding carboxylic acids is 1. The lowest BCUT2D eigenvalue weighted by molar-refractivity contribution is -0.136. The maximum absolute atomic E-state index is 12.3. The molecule has 102 valence electrons. The summed E-state index contributed by atoms with van der Waals surface area (Å²) in [6.45, 7) is 7.40. The zero-order valence-electron chi connectivity index (χ0n) is 10.8. The molecule has 0 spiro atoms. The third-order valence-electron chi connectivity index (χ3n) is 3.94. The molecule has 0 radical (unpaired) electrons. The van der Waals surface area contributed by atoms with Crippen LogP contribution in [0.3, 0.4) is 0 Å². The van der Waals surface area contributed by atoms with Crippen molar-refractivity contribution in [1.29, 1.82) is 0 Å². The average Bonchev–Trinajstić information content (AvgIpc) is 2.88. The summed E-state index contributed by atoms with van der Waals surface area (Å²) in [4.78, 5) is 28.6. The molecule has 0 saturated carbocycles. The smallest absolute Gasteiger partial charge is 0.407 e. The molecule has 1 N–H and O–H groups in total. The Morgan fingerprint density at radius 2 is 1.78 bits per heavy atom. The van der Waals surface area contributed by atoms with E-state index in [0.29, 0.717) is 19.5 Å². The van der Waals surface area contributed by atoms with Crippen molar-refractivity contribution in [2.75, 3.05) is 45.8 Å². The number of hydrogen-bond donors (Lipinski definition) is 1. The van der Waals surface area contributed by atoms with E-state index in [1.807, 2.05) is 4.90 Å². The van der Waals surface area contributed by atoms with Gasteiger partial charge in [0.15, 0.2) is 0 Å². The summed E-state index contributed by atoms with van der Waals surface area (Å²) >= 11 is 0. The van der Waals surface area contributed by atoms with Gasteiger partial charge < -0.3 is 19.8 Å². The molecule has 0 aromatic heterocycles. The van der Waals surface area contributed by atoms with Crippen LogP contribution in [0, 0.1) is 5.92 Å². The standard InChI is InChI=1S/C12H21N3O3/c1-2-13-5-7-14(8-6-13)11(16)10-3-4-15(9-10)12(17)18/h10H,2-9H2,1H3,(H,17,18)/t10-/m0/s1. The number of likely N-dealkylation sites (N-methyl/N-ethyl adjacent to an activating group) is 1. The van der Waals surface area contributed by atoms with Crippen molar-refractivity contribution in [2.24, 2.45) is 5.92 Å². The molecule has 2 aliphatic rings. The molecular formula is C12H21N3O3. The predicted octanol–water partition coefficient (Wildman–Crippen LogP) is 0.150. The van der Waals surface area contributed by atoms with Crippen molar-refractivity contribution in [2.45, 2.75) is 13.3 Å². The van der Waals surface area contributed by atoms with Gasteiger partial charge in [-0.2, -0.15) is 0 Å². The van der Waals surface area contributed by atoms with Crippen LogP contribution in [0.4, 0.5) is 4.79 Å². The van der Waals surface area contributed by atoms with Crippen LogP contribution in [0.2, 0.25) is 0 Å². The fourth-order valence-electron chi connectivity index (χ4n) is 2.68. The van der Waals surface area contributed by atoms with Crippen LogP contribution in [0.25, 0.3) is 0 Å². The van der Waals surface area contributed by atoms with Gasteiger partial charge in [0, 0.05) is 39.3 Å². The molecule has 0 unspecified atom stereocenters. The molecule has 2 fully saturated rings. The average molecular weight is 255 g/mol. The van der Waals surface area contributed by atoms with E-state index in [9.17, 15) is 9.59 Å². The van der Waals surface area contributed by atoms with Crippen LogP contribution >= 0.6 is 0 Å². The van der Waals surface area contributed by atoms with E-state index in [2.05, 4.69) is 11.8 Å². The van der Waals surface area contributed by atoms with Gasteiger partial charge >= 0.3 is 6.09 Å². The van der Waals surface area contributed by atoms with Crippen LogP contribution in [0.15, 0.2) is 0 Å². The Kier molecular flexibility index (Phi) is 4.06. The summed E-state index contributed by atoms with van der Waals surface area (Å²) in [5.74, 6) is 0.00350. The number of carboxylic acid groups (broad SMARTS) is 1. The van der Waals surface area contributed by atoms with Crippen LogP contribution < -0.4 is 0 Å². The van der Waals surface area contributed by atoms with Gasteiger partial charge in [-0.25, -0.2) is 4.79 Å². The Morgan fingerprint density at radius 3 is 2.28 bits per heavy atom. The number of carbonyl (C=O) groups is 2. The Morgan fingerprint density at radius 1 is 1.11 bits per heavy atom. The van der Waals surface area contributed by atoms with Gasteiger partial charge in [0.2, 0.25) is 5.91 Å². The van der Waals surface area contributed by atoms with E-state index in [0.717, 1.165) is 32.7 Å². The highest BCUT2D eigenvalue weighted by Crippen LogP contribution is 2.19. The Bertz CT molecular complexity index is 327. The van der Waals surface area contributed by atoms with E-state index in [4.69, 9.17) is 5.11 Å². The molecule has 6 nitrogen and oxygen atoms in total. The second-order valence-corrected chi connectivity index (χ2v) is 4.97. The zero-order valence-corrected chi connectivity index (χ0v) is 10.8. The van der Waals surface area contributed by atoms with Crippen molar-refractivity contribution in [3.05, 3.63) is 0 Å². The molecular weight excluding hydrogens is 234 g/mol. The van der Waals surface area contributed by atoms with Crippen LogP contribution in [-0.2, 0) is 4.79 Å². The number of likely N-dealkylation sites (tertiary alicyclic amines) is 1. The maximum atomic E-state index is 12.3. The summed E-state index contributed by atoms with van der Waals surface area (Å²) in [5.41, 5.74) is 0. The highest BCUT2D eigenvalue weighted by molar-refractivity contribution is 5.80. The third-order valence-corrected chi connectivity index (χ3v) is 3.94. The Labute approximate surface area is 107 Å². The molecule has 2 saturated heterocycles. The SMILES string of the molecule is CCN1CCN(C(=O)[C@H]2CCN(C(=O)O)C2)CC1. The first-order valence-corrected chi connectivity index (χ1v) is 6.60. The molecule has 2 rings (SSSR count). The molecule has 2 aliphatic heterocycles. The topological polar surface area (TPSA) is 64.1 Å². The van der Waals surface area contributed by atoms with E-state index >= 15 is 0 Å². The number of rotatable bonds is 2. The van der Waals surface area contributed by atoms with E-state index < -0.39 is 6.09 Å². The highest BCUT2D eigenvalue weighted by Gasteiger charge is 2.34. The Hall–Kier alpha value is -1.30. The van der Waals surface area contributed by atoms with Crippen LogP contribution in [0.1, 0.15) is 13.3 Å². The second kappa shape index (κ2) is 5.56. The quantitative estimate of drug-likeness (QED) is 0.763. The van der Waals surface area contributed by atoms with Crippen molar-refractivity contribution >= 4 is 12.0 Å². The Balaban J connectivity index is 1.84. The fraction of sp³-hybridized carbons (Fsp3) is 0.833. The van der Waals surface area contributed by atoms with Gasteiger partial charge in [0.25, 0.3) is 0 Å². The van der Waals surface area contributed by atoms with Gasteiger partial charge in [-0.1, -0.05) is 6.92 Å². The van der Waals surface area contributed by atoms with E-state index in [-0.39, 0.29) is 11.8 Å². The van der Waals surface area contributed by atoms with Crippen LogP contribution in [0.5, 0.6) is 0 Å². The lowest BCUT2D eigenvalue weighted by Crippen LogP contribution is -2.50. The summed E-state index contributed by atoms with van der Waals surface area (Å²) in [6, 6.07) is 0. The van der Waals surface area contributed by atoms with Crippen molar-refractivity contribution in [1.82, 2.24) is 14.7 Å². The number of hydrogen-bond acceptors (Lipinski definition) is 3. The molecule has 2 heterocycles. The van der Waals surface area contributed by atoms with Crippen molar-refractivity contribution < 1.29 is 14.7 Å². The molecule has 0 aromatic carbocycles. The zero-order chi connectivity index (χ0) is 13.1. The molecule has 0 bridgehead atoms. The van der Waals surface area contributed by atoms with E-state index in [1.54, 1.807) is 0 Å². The summed E-state index contributed by atoms with van der Waals surface area (Å²) in [5, 5.41) is 8.88. The first-order chi connectivity index (χ1) is 8.61. The normalized spacial score (nSPS) is 25.5. The minimum Gasteiger partial charge on any atom is -0.465 e. The van der Waals surface area contributed by atoms with Gasteiger partial charge in [0.05, 0.1) is 5.92 Å². The van der Waals surface area contributed by atoms with Crippen molar-refractivity contribution in [3.63, 3.8) is 0 Å². The third kappa shape index (κ3) is 2.75. The largest absolute Gasteiger partial charge is 0.465 e. The summed E-state index contributed by atoms with van der Waals surface area (Å²) in [6.07, 6.45) is -0.250. The highest BCUT2D eigenvalue weighted by atomic mass is 16.4. The maximum Gasteiger partial charge on any atom is 0.407 e. The monoisotopic (exact) mass is 255 g/mol.